The number of nitrogens with one attached hydrogen (secondary N) is 1. The second-order valence-corrected chi connectivity index (χ2v) is 5.36. The monoisotopic (exact) mass is 237 g/mol. The summed E-state index contributed by atoms with van der Waals surface area (Å²) in [6.07, 6.45) is 6.43. The quantitative estimate of drug-likeness (QED) is 0.850. The van der Waals surface area contributed by atoms with Crippen molar-refractivity contribution in [3.05, 3.63) is 5.82 Å². The summed E-state index contributed by atoms with van der Waals surface area (Å²) < 4.78 is 2.03. The Bertz CT molecular complexity index is 327. The highest BCUT2D eigenvalue weighted by Crippen LogP contribution is 2.27. The summed E-state index contributed by atoms with van der Waals surface area (Å²) in [7, 11) is 0. The summed E-state index contributed by atoms with van der Waals surface area (Å²) in [5.74, 6) is 1.64. The molecule has 5 heteroatoms. The summed E-state index contributed by atoms with van der Waals surface area (Å²) >= 11 is 0. The maximum atomic E-state index is 4.15. The van der Waals surface area contributed by atoms with Crippen molar-refractivity contribution in [2.24, 2.45) is 5.92 Å². The molecule has 2 rings (SSSR count). The maximum Gasteiger partial charge on any atom is 0.165 e. The highest BCUT2D eigenvalue weighted by molar-refractivity contribution is 4.85. The second-order valence-electron chi connectivity index (χ2n) is 5.36. The van der Waals surface area contributed by atoms with E-state index < -0.39 is 0 Å². The van der Waals surface area contributed by atoms with E-state index >= 15 is 0 Å². The zero-order valence-electron chi connectivity index (χ0n) is 10.9. The summed E-state index contributed by atoms with van der Waals surface area (Å²) in [6.45, 7) is 6.20. The highest BCUT2D eigenvalue weighted by atomic mass is 15.6. The van der Waals surface area contributed by atoms with Crippen LogP contribution < -0.4 is 5.32 Å². The van der Waals surface area contributed by atoms with Crippen molar-refractivity contribution in [2.45, 2.75) is 58.5 Å². The van der Waals surface area contributed by atoms with Crippen LogP contribution in [0.25, 0.3) is 0 Å². The fourth-order valence-electron chi connectivity index (χ4n) is 2.41. The number of aromatic nitrogens is 4. The van der Waals surface area contributed by atoms with E-state index in [1.54, 1.807) is 0 Å². The van der Waals surface area contributed by atoms with Gasteiger partial charge in [0.05, 0.1) is 12.6 Å². The van der Waals surface area contributed by atoms with Gasteiger partial charge in [-0.1, -0.05) is 33.1 Å². The second kappa shape index (κ2) is 6.10. The normalized spacial score (nSPS) is 17.8. The van der Waals surface area contributed by atoms with Crippen molar-refractivity contribution < 1.29 is 0 Å². The minimum Gasteiger partial charge on any atom is -0.310 e. The molecule has 1 heterocycles. The van der Waals surface area contributed by atoms with E-state index in [2.05, 4.69) is 34.7 Å². The van der Waals surface area contributed by atoms with E-state index in [0.717, 1.165) is 18.9 Å². The Labute approximate surface area is 103 Å². The molecule has 0 bridgehead atoms. The van der Waals surface area contributed by atoms with Gasteiger partial charge in [0.1, 0.15) is 0 Å². The highest BCUT2D eigenvalue weighted by Gasteiger charge is 2.19. The number of tetrazole rings is 1. The van der Waals surface area contributed by atoms with Crippen LogP contribution in [-0.4, -0.2) is 26.8 Å². The SMILES string of the molecule is CC(C)CNCc1nnnn1C1CCCCC1. The van der Waals surface area contributed by atoms with Gasteiger partial charge in [0.15, 0.2) is 5.82 Å². The summed E-state index contributed by atoms with van der Waals surface area (Å²) in [5, 5.41) is 15.5. The predicted molar refractivity (Wildman–Crippen MR) is 66.5 cm³/mol. The summed E-state index contributed by atoms with van der Waals surface area (Å²) in [5.41, 5.74) is 0. The molecule has 0 amide bonds. The summed E-state index contributed by atoms with van der Waals surface area (Å²) in [4.78, 5) is 0. The molecule has 1 aliphatic carbocycles. The lowest BCUT2D eigenvalue weighted by atomic mass is 9.95. The molecule has 0 unspecified atom stereocenters. The van der Waals surface area contributed by atoms with E-state index in [9.17, 15) is 0 Å². The molecule has 1 saturated carbocycles. The molecule has 1 aromatic rings. The Morgan fingerprint density at radius 1 is 1.29 bits per heavy atom. The van der Waals surface area contributed by atoms with Gasteiger partial charge in [-0.25, -0.2) is 4.68 Å². The van der Waals surface area contributed by atoms with Crippen molar-refractivity contribution in [3.63, 3.8) is 0 Å². The molecule has 0 aliphatic heterocycles. The Hall–Kier alpha value is -0.970. The average molecular weight is 237 g/mol. The first kappa shape index (κ1) is 12.5. The van der Waals surface area contributed by atoms with Gasteiger partial charge in [-0.3, -0.25) is 0 Å². The zero-order chi connectivity index (χ0) is 12.1. The largest absolute Gasteiger partial charge is 0.310 e. The molecule has 1 N–H and O–H groups in total. The van der Waals surface area contributed by atoms with Gasteiger partial charge < -0.3 is 5.32 Å². The molecule has 5 nitrogen and oxygen atoms in total. The van der Waals surface area contributed by atoms with E-state index in [0.29, 0.717) is 12.0 Å². The fraction of sp³-hybridized carbons (Fsp3) is 0.917. The lowest BCUT2D eigenvalue weighted by molar-refractivity contribution is 0.314. The van der Waals surface area contributed by atoms with Gasteiger partial charge in [0, 0.05) is 0 Å². The molecular formula is C12H23N5. The third-order valence-corrected chi connectivity index (χ3v) is 3.32. The van der Waals surface area contributed by atoms with Crippen molar-refractivity contribution in [1.29, 1.82) is 0 Å². The molecule has 0 aromatic carbocycles. The van der Waals surface area contributed by atoms with Gasteiger partial charge in [0.2, 0.25) is 0 Å². The van der Waals surface area contributed by atoms with E-state index in [1.165, 1.54) is 32.1 Å². The Morgan fingerprint density at radius 3 is 2.76 bits per heavy atom. The zero-order valence-corrected chi connectivity index (χ0v) is 10.9. The van der Waals surface area contributed by atoms with Crippen LogP contribution in [0.1, 0.15) is 57.8 Å². The van der Waals surface area contributed by atoms with Gasteiger partial charge in [0.25, 0.3) is 0 Å². The first-order chi connectivity index (χ1) is 8.27. The first-order valence-corrected chi connectivity index (χ1v) is 6.75. The first-order valence-electron chi connectivity index (χ1n) is 6.75. The third kappa shape index (κ3) is 3.49. The van der Waals surface area contributed by atoms with Crippen molar-refractivity contribution in [2.75, 3.05) is 6.54 Å². The smallest absolute Gasteiger partial charge is 0.165 e. The molecule has 0 radical (unpaired) electrons. The standard InChI is InChI=1S/C12H23N5/c1-10(2)8-13-9-12-14-15-16-17(12)11-6-4-3-5-7-11/h10-11,13H,3-9H2,1-2H3. The van der Waals surface area contributed by atoms with Crippen LogP contribution in [0, 0.1) is 5.92 Å². The molecule has 17 heavy (non-hydrogen) atoms. The molecule has 1 aromatic heterocycles. The van der Waals surface area contributed by atoms with Crippen LogP contribution in [0.2, 0.25) is 0 Å². The van der Waals surface area contributed by atoms with Crippen LogP contribution in [0.3, 0.4) is 0 Å². The topological polar surface area (TPSA) is 55.6 Å². The molecule has 0 atom stereocenters. The lowest BCUT2D eigenvalue weighted by Gasteiger charge is -2.22. The van der Waals surface area contributed by atoms with Gasteiger partial charge >= 0.3 is 0 Å². The lowest BCUT2D eigenvalue weighted by Crippen LogP contribution is -2.24. The Morgan fingerprint density at radius 2 is 2.06 bits per heavy atom. The molecule has 0 saturated heterocycles. The average Bonchev–Trinajstić information content (AvgIpc) is 2.78. The van der Waals surface area contributed by atoms with Crippen molar-refractivity contribution in [3.8, 4) is 0 Å². The molecule has 1 aliphatic rings. The van der Waals surface area contributed by atoms with E-state index in [1.807, 2.05) is 4.68 Å². The number of rotatable bonds is 5. The number of hydrogen-bond acceptors (Lipinski definition) is 4. The molecule has 1 fully saturated rings. The van der Waals surface area contributed by atoms with Crippen LogP contribution in [0.5, 0.6) is 0 Å². The maximum absolute atomic E-state index is 4.15. The minimum atomic E-state index is 0.523. The Kier molecular flexibility index (Phi) is 4.48. The molecule has 0 spiro atoms. The van der Waals surface area contributed by atoms with Gasteiger partial charge in [-0.2, -0.15) is 0 Å². The molecule has 96 valence electrons. The van der Waals surface area contributed by atoms with Crippen LogP contribution in [0.4, 0.5) is 0 Å². The Balaban J connectivity index is 1.91. The van der Waals surface area contributed by atoms with Crippen molar-refractivity contribution >= 4 is 0 Å². The number of nitrogens with zero attached hydrogens (tertiary/aromatic N) is 4. The van der Waals surface area contributed by atoms with Crippen LogP contribution in [-0.2, 0) is 6.54 Å². The van der Waals surface area contributed by atoms with Gasteiger partial charge in [-0.05, 0) is 35.7 Å². The molecular weight excluding hydrogens is 214 g/mol. The predicted octanol–water partition coefficient (Wildman–Crippen LogP) is 1.92. The van der Waals surface area contributed by atoms with Crippen LogP contribution in [0.15, 0.2) is 0 Å². The third-order valence-electron chi connectivity index (χ3n) is 3.32. The van der Waals surface area contributed by atoms with E-state index in [-0.39, 0.29) is 0 Å². The fourth-order valence-corrected chi connectivity index (χ4v) is 2.41. The van der Waals surface area contributed by atoms with E-state index in [4.69, 9.17) is 0 Å². The minimum absolute atomic E-state index is 0.523. The van der Waals surface area contributed by atoms with Gasteiger partial charge in [-0.15, -0.1) is 5.10 Å². The number of hydrogen-bond donors (Lipinski definition) is 1. The van der Waals surface area contributed by atoms with Crippen LogP contribution >= 0.6 is 0 Å². The summed E-state index contributed by atoms with van der Waals surface area (Å²) in [6, 6.07) is 0.523. The van der Waals surface area contributed by atoms with Crippen molar-refractivity contribution in [1.82, 2.24) is 25.5 Å².